The molecule has 0 aliphatic carbocycles. The van der Waals surface area contributed by atoms with Gasteiger partial charge in [0.25, 0.3) is 5.91 Å². The number of anilines is 1. The lowest BCUT2D eigenvalue weighted by Gasteiger charge is -2.24. The lowest BCUT2D eigenvalue weighted by Crippen LogP contribution is -2.39. The van der Waals surface area contributed by atoms with Gasteiger partial charge in [0.1, 0.15) is 6.04 Å². The van der Waals surface area contributed by atoms with Gasteiger partial charge >= 0.3 is 0 Å². The summed E-state index contributed by atoms with van der Waals surface area (Å²) in [5.74, 6) is 1.02. The topological polar surface area (TPSA) is 85.7 Å². The van der Waals surface area contributed by atoms with Crippen LogP contribution in [0.1, 0.15) is 23.6 Å². The molecule has 1 aromatic heterocycles. The van der Waals surface area contributed by atoms with Crippen molar-refractivity contribution in [2.24, 2.45) is 0 Å². The molecule has 2 amide bonds. The summed E-state index contributed by atoms with van der Waals surface area (Å²) in [5, 5.41) is 2.94. The second kappa shape index (κ2) is 10.2. The van der Waals surface area contributed by atoms with E-state index in [1.54, 1.807) is 42.4 Å². The third kappa shape index (κ3) is 5.00. The van der Waals surface area contributed by atoms with E-state index in [9.17, 15) is 9.59 Å². The summed E-state index contributed by atoms with van der Waals surface area (Å²) in [4.78, 5) is 32.1. The van der Waals surface area contributed by atoms with E-state index >= 15 is 0 Å². The molecule has 2 heterocycles. The smallest absolute Gasteiger partial charge is 0.250 e. The standard InChI is InChI=1S/C25H28N4O4/c1-32-22-8-7-18(15-23(22)33-2)9-11-27-24(30)16-21(28-14-12-26-17-28)25(31)29-13-10-19-5-3-4-6-20(19)29/h3-8,12,14-15,17,21H,9-11,13,16H2,1-2H3,(H,27,30). The minimum atomic E-state index is -0.653. The molecule has 172 valence electrons. The van der Waals surface area contributed by atoms with Gasteiger partial charge in [0.05, 0.1) is 27.0 Å². The highest BCUT2D eigenvalue weighted by molar-refractivity contribution is 6.00. The molecule has 1 aliphatic rings. The molecule has 33 heavy (non-hydrogen) atoms. The molecule has 0 bridgehead atoms. The summed E-state index contributed by atoms with van der Waals surface area (Å²) >= 11 is 0. The van der Waals surface area contributed by atoms with E-state index in [0.29, 0.717) is 31.0 Å². The second-order valence-electron chi connectivity index (χ2n) is 7.89. The molecule has 8 heteroatoms. The van der Waals surface area contributed by atoms with Gasteiger partial charge in [-0.15, -0.1) is 0 Å². The van der Waals surface area contributed by atoms with Crippen molar-refractivity contribution >= 4 is 17.5 Å². The summed E-state index contributed by atoms with van der Waals surface area (Å²) in [6, 6.07) is 12.9. The van der Waals surface area contributed by atoms with E-state index in [4.69, 9.17) is 9.47 Å². The van der Waals surface area contributed by atoms with Crippen molar-refractivity contribution in [1.82, 2.24) is 14.9 Å². The first-order valence-electron chi connectivity index (χ1n) is 10.9. The van der Waals surface area contributed by atoms with Crippen LogP contribution in [0.4, 0.5) is 5.69 Å². The van der Waals surface area contributed by atoms with Crippen molar-refractivity contribution in [2.75, 3.05) is 32.2 Å². The van der Waals surface area contributed by atoms with Crippen molar-refractivity contribution in [2.45, 2.75) is 25.3 Å². The average molecular weight is 449 g/mol. The molecule has 0 spiro atoms. The fraction of sp³-hybridized carbons (Fsp3) is 0.320. The van der Waals surface area contributed by atoms with E-state index < -0.39 is 6.04 Å². The van der Waals surface area contributed by atoms with E-state index in [1.807, 2.05) is 42.5 Å². The van der Waals surface area contributed by atoms with Crippen LogP contribution in [0.3, 0.4) is 0 Å². The Balaban J connectivity index is 1.39. The number of carbonyl (C=O) groups is 2. The number of ether oxygens (including phenoxy) is 2. The third-order valence-corrected chi connectivity index (χ3v) is 5.89. The summed E-state index contributed by atoms with van der Waals surface area (Å²) in [6.07, 6.45) is 6.42. The number of nitrogens with zero attached hydrogens (tertiary/aromatic N) is 3. The molecule has 0 fully saturated rings. The van der Waals surface area contributed by atoms with Crippen molar-refractivity contribution in [3.63, 3.8) is 0 Å². The molecular formula is C25H28N4O4. The summed E-state index contributed by atoms with van der Waals surface area (Å²) in [6.45, 7) is 1.07. The average Bonchev–Trinajstić information content (AvgIpc) is 3.52. The molecule has 3 aromatic rings. The predicted octanol–water partition coefficient (Wildman–Crippen LogP) is 2.78. The first-order valence-corrected chi connectivity index (χ1v) is 10.9. The Hall–Kier alpha value is -3.81. The SMILES string of the molecule is COc1ccc(CCNC(=O)CC(C(=O)N2CCc3ccccc32)n2ccnc2)cc1OC. The van der Waals surface area contributed by atoms with Gasteiger partial charge in [-0.05, 0) is 42.2 Å². The molecule has 0 saturated carbocycles. The van der Waals surface area contributed by atoms with Crippen LogP contribution in [0.5, 0.6) is 11.5 Å². The molecule has 1 aliphatic heterocycles. The van der Waals surface area contributed by atoms with E-state index in [-0.39, 0.29) is 18.2 Å². The molecular weight excluding hydrogens is 420 g/mol. The number of hydrogen-bond acceptors (Lipinski definition) is 5. The van der Waals surface area contributed by atoms with Gasteiger partial charge < -0.3 is 24.3 Å². The summed E-state index contributed by atoms with van der Waals surface area (Å²) in [7, 11) is 3.19. The third-order valence-electron chi connectivity index (χ3n) is 5.89. The maximum atomic E-state index is 13.4. The minimum Gasteiger partial charge on any atom is -0.493 e. The van der Waals surface area contributed by atoms with Crippen molar-refractivity contribution in [1.29, 1.82) is 0 Å². The van der Waals surface area contributed by atoms with E-state index in [2.05, 4.69) is 10.3 Å². The molecule has 1 atom stereocenters. The maximum absolute atomic E-state index is 13.4. The van der Waals surface area contributed by atoms with Gasteiger partial charge in [-0.3, -0.25) is 9.59 Å². The maximum Gasteiger partial charge on any atom is 0.250 e. The molecule has 4 rings (SSSR count). The molecule has 8 nitrogen and oxygen atoms in total. The number of benzene rings is 2. The van der Waals surface area contributed by atoms with Gasteiger partial charge in [0.15, 0.2) is 11.5 Å². The number of carbonyl (C=O) groups excluding carboxylic acids is 2. The number of amides is 2. The molecule has 1 unspecified atom stereocenters. The number of fused-ring (bicyclic) bond motifs is 1. The number of aromatic nitrogens is 2. The zero-order valence-corrected chi connectivity index (χ0v) is 18.9. The number of para-hydroxylation sites is 1. The van der Waals surface area contributed by atoms with Crippen LogP contribution in [-0.2, 0) is 22.4 Å². The van der Waals surface area contributed by atoms with Crippen molar-refractivity contribution in [3.05, 3.63) is 72.3 Å². The van der Waals surface area contributed by atoms with Crippen LogP contribution in [0.25, 0.3) is 0 Å². The predicted molar refractivity (Wildman–Crippen MR) is 125 cm³/mol. The Morgan fingerprint density at radius 1 is 1.12 bits per heavy atom. The van der Waals surface area contributed by atoms with Gasteiger partial charge in [0, 0.05) is 31.2 Å². The Morgan fingerprint density at radius 3 is 2.70 bits per heavy atom. The number of methoxy groups -OCH3 is 2. The van der Waals surface area contributed by atoms with Crippen molar-refractivity contribution in [3.8, 4) is 11.5 Å². The number of rotatable bonds is 9. The Kier molecular flexibility index (Phi) is 6.92. The number of nitrogens with one attached hydrogen (secondary N) is 1. The van der Waals surface area contributed by atoms with Crippen LogP contribution in [0, 0.1) is 0 Å². The molecule has 1 N–H and O–H groups in total. The lowest BCUT2D eigenvalue weighted by molar-refractivity contribution is -0.128. The van der Waals surface area contributed by atoms with Crippen LogP contribution < -0.4 is 19.7 Å². The zero-order valence-electron chi connectivity index (χ0n) is 18.9. The Morgan fingerprint density at radius 2 is 1.94 bits per heavy atom. The largest absolute Gasteiger partial charge is 0.493 e. The van der Waals surface area contributed by atoms with Gasteiger partial charge in [-0.1, -0.05) is 24.3 Å². The molecule has 2 aromatic carbocycles. The van der Waals surface area contributed by atoms with Crippen LogP contribution in [-0.4, -0.2) is 48.7 Å². The minimum absolute atomic E-state index is 0.0415. The number of imidazole rings is 1. The van der Waals surface area contributed by atoms with Gasteiger partial charge in [0.2, 0.25) is 5.91 Å². The van der Waals surface area contributed by atoms with Gasteiger partial charge in [-0.25, -0.2) is 4.98 Å². The van der Waals surface area contributed by atoms with Crippen LogP contribution in [0.2, 0.25) is 0 Å². The van der Waals surface area contributed by atoms with Crippen LogP contribution in [0.15, 0.2) is 61.2 Å². The van der Waals surface area contributed by atoms with Gasteiger partial charge in [-0.2, -0.15) is 0 Å². The Bertz CT molecular complexity index is 1110. The second-order valence-corrected chi connectivity index (χ2v) is 7.89. The summed E-state index contributed by atoms with van der Waals surface area (Å²) in [5.41, 5.74) is 3.08. The quantitative estimate of drug-likeness (QED) is 0.544. The van der Waals surface area contributed by atoms with E-state index in [1.165, 1.54) is 0 Å². The molecule has 0 radical (unpaired) electrons. The van der Waals surface area contributed by atoms with Crippen molar-refractivity contribution < 1.29 is 19.1 Å². The van der Waals surface area contributed by atoms with Crippen LogP contribution >= 0.6 is 0 Å². The Labute approximate surface area is 193 Å². The highest BCUT2D eigenvalue weighted by Crippen LogP contribution is 2.30. The highest BCUT2D eigenvalue weighted by Gasteiger charge is 2.32. The first kappa shape index (κ1) is 22.4. The fourth-order valence-corrected chi connectivity index (χ4v) is 4.15. The normalized spacial score (nSPS) is 13.3. The number of hydrogen-bond donors (Lipinski definition) is 1. The zero-order chi connectivity index (χ0) is 23.2. The highest BCUT2D eigenvalue weighted by atomic mass is 16.5. The first-order chi connectivity index (χ1) is 16.1. The summed E-state index contributed by atoms with van der Waals surface area (Å²) < 4.78 is 12.3. The lowest BCUT2D eigenvalue weighted by atomic mass is 10.1. The monoisotopic (exact) mass is 448 g/mol. The van der Waals surface area contributed by atoms with E-state index in [0.717, 1.165) is 23.2 Å². The molecule has 0 saturated heterocycles. The fourth-order valence-electron chi connectivity index (χ4n) is 4.15.